The predicted molar refractivity (Wildman–Crippen MR) is 221 cm³/mol. The normalized spacial score (nSPS) is 33.4. The molecule has 326 valence electrons. The summed E-state index contributed by atoms with van der Waals surface area (Å²) in [7, 11) is -3.97. The van der Waals surface area contributed by atoms with Gasteiger partial charge in [0.1, 0.15) is 23.7 Å². The second-order valence-corrected chi connectivity index (χ2v) is 23.5. The summed E-state index contributed by atoms with van der Waals surface area (Å²) < 4.78 is 28.1. The molecule has 2 heterocycles. The molecular weight excluding hydrogens is 757 g/mol. The maximum Gasteiger partial charge on any atom is 0.259 e. The molecule has 5 saturated carbocycles. The number of likely N-dealkylation sites (tertiary alicyclic amines) is 2. The Morgan fingerprint density at radius 1 is 0.776 bits per heavy atom. The van der Waals surface area contributed by atoms with Crippen LogP contribution in [0.25, 0.3) is 0 Å². The van der Waals surface area contributed by atoms with E-state index < -0.39 is 55.7 Å². The van der Waals surface area contributed by atoms with E-state index in [0.29, 0.717) is 38.6 Å². The summed E-state index contributed by atoms with van der Waals surface area (Å²) in [4.78, 5) is 76.2. The zero-order valence-electron chi connectivity index (χ0n) is 36.6. The first-order chi connectivity index (χ1) is 27.1. The number of carbonyl (C=O) groups excluding carboxylic acids is 5. The fraction of sp³-hybridized carbons (Fsp3) is 0.886. The fourth-order valence-electron chi connectivity index (χ4n) is 12.6. The van der Waals surface area contributed by atoms with Crippen molar-refractivity contribution in [3.05, 3.63) is 0 Å². The third-order valence-electron chi connectivity index (χ3n) is 17.2. The standard InChI is InChI=1S/C44H72N6O7S/c1-9-29-25-44(29,38(55)48-58(56,57)41(8)20-15-21-41)47-35(52)31-26-43(40(6,7)42(43)22-16-23-42)27-50(31)37(54)33(39(3,4)5)46-36(53)32(28-17-12-11-13-18-28)45-34(51)30-19-14-24-49(30)10-2/h28-33H,9-27H2,1-8H3,(H,45,51)(H,46,53)(H,47,52)(H,48,55)/t29-,30+,31+,32+,33-,43-,44-/m1/s1. The molecule has 0 aromatic carbocycles. The summed E-state index contributed by atoms with van der Waals surface area (Å²) in [5, 5.41) is 9.37. The molecule has 2 saturated heterocycles. The number of rotatable bonds is 13. The highest BCUT2D eigenvalue weighted by atomic mass is 32.2. The zero-order valence-corrected chi connectivity index (χ0v) is 37.4. The highest BCUT2D eigenvalue weighted by molar-refractivity contribution is 7.91. The van der Waals surface area contributed by atoms with Gasteiger partial charge in [-0.25, -0.2) is 8.42 Å². The van der Waals surface area contributed by atoms with E-state index in [4.69, 9.17) is 0 Å². The maximum absolute atomic E-state index is 15.3. The summed E-state index contributed by atoms with van der Waals surface area (Å²) in [6.07, 6.45) is 12.5. The molecule has 0 aromatic rings. The van der Waals surface area contributed by atoms with E-state index in [1.165, 1.54) is 0 Å². The highest BCUT2D eigenvalue weighted by Crippen LogP contribution is 2.88. The molecule has 7 aliphatic rings. The Morgan fingerprint density at radius 3 is 1.95 bits per heavy atom. The first-order valence-electron chi connectivity index (χ1n) is 22.7. The van der Waals surface area contributed by atoms with Crippen molar-refractivity contribution in [2.45, 2.75) is 193 Å². The van der Waals surface area contributed by atoms with E-state index >= 15 is 4.79 Å². The molecule has 14 heteroatoms. The Hall–Kier alpha value is -2.74. The summed E-state index contributed by atoms with van der Waals surface area (Å²) in [5.74, 6) is -2.30. The average Bonchev–Trinajstić information content (AvgIpc) is 3.65. The Morgan fingerprint density at radius 2 is 1.43 bits per heavy atom. The quantitative estimate of drug-likeness (QED) is 0.210. The number of likely N-dealkylation sites (N-methyl/N-ethyl adjacent to an activating group) is 1. The predicted octanol–water partition coefficient (Wildman–Crippen LogP) is 4.54. The van der Waals surface area contributed by atoms with Crippen molar-refractivity contribution in [1.29, 1.82) is 0 Å². The molecule has 0 unspecified atom stereocenters. The van der Waals surface area contributed by atoms with Crippen molar-refractivity contribution in [3.63, 3.8) is 0 Å². The van der Waals surface area contributed by atoms with Gasteiger partial charge in [0, 0.05) is 12.0 Å². The lowest BCUT2D eigenvalue weighted by atomic mass is 9.73. The Labute approximate surface area is 347 Å². The minimum Gasteiger partial charge on any atom is -0.343 e. The Bertz CT molecular complexity index is 1780. The number of fused-ring (bicyclic) bond motifs is 1. The molecule has 0 aromatic heterocycles. The molecule has 5 aliphatic carbocycles. The maximum atomic E-state index is 15.3. The molecule has 4 N–H and O–H groups in total. The molecule has 7 rings (SSSR count). The minimum absolute atomic E-state index is 0.00387. The largest absolute Gasteiger partial charge is 0.343 e. The second-order valence-electron chi connectivity index (χ2n) is 21.3. The van der Waals surface area contributed by atoms with Crippen LogP contribution in [-0.2, 0) is 34.0 Å². The lowest BCUT2D eigenvalue weighted by molar-refractivity contribution is -0.145. The van der Waals surface area contributed by atoms with Crippen LogP contribution < -0.4 is 20.7 Å². The topological polar surface area (TPSA) is 174 Å². The molecule has 0 bridgehead atoms. The molecule has 7 atom stereocenters. The van der Waals surface area contributed by atoms with Crippen molar-refractivity contribution in [1.82, 2.24) is 30.5 Å². The minimum atomic E-state index is -3.97. The van der Waals surface area contributed by atoms with E-state index in [9.17, 15) is 27.6 Å². The summed E-state index contributed by atoms with van der Waals surface area (Å²) >= 11 is 0. The van der Waals surface area contributed by atoms with Gasteiger partial charge in [-0.05, 0) is 112 Å². The van der Waals surface area contributed by atoms with Gasteiger partial charge in [-0.15, -0.1) is 0 Å². The number of carbonyl (C=O) groups is 5. The van der Waals surface area contributed by atoms with Gasteiger partial charge in [-0.3, -0.25) is 33.6 Å². The number of sulfonamides is 1. The van der Waals surface area contributed by atoms with Gasteiger partial charge in [0.05, 0.1) is 10.8 Å². The van der Waals surface area contributed by atoms with Crippen LogP contribution in [0.3, 0.4) is 0 Å². The number of nitrogens with one attached hydrogen (secondary N) is 4. The first kappa shape index (κ1) is 43.4. The first-order valence-corrected chi connectivity index (χ1v) is 24.2. The number of nitrogens with zero attached hydrogens (tertiary/aromatic N) is 2. The van der Waals surface area contributed by atoms with E-state index in [1.54, 1.807) is 11.8 Å². The van der Waals surface area contributed by atoms with Gasteiger partial charge < -0.3 is 20.9 Å². The third-order valence-corrected chi connectivity index (χ3v) is 19.4. The van der Waals surface area contributed by atoms with Crippen LogP contribution in [0, 0.1) is 33.5 Å². The van der Waals surface area contributed by atoms with Gasteiger partial charge in [0.25, 0.3) is 5.91 Å². The molecule has 5 amide bonds. The zero-order chi connectivity index (χ0) is 42.3. The van der Waals surface area contributed by atoms with Gasteiger partial charge >= 0.3 is 0 Å². The van der Waals surface area contributed by atoms with Crippen LogP contribution in [0.1, 0.15) is 158 Å². The van der Waals surface area contributed by atoms with Gasteiger partial charge in [0.2, 0.25) is 33.7 Å². The SMILES string of the molecule is CC[C@@H]1C[C@]1(NC(=O)[C@@H]1C[C@@]2(CN1C(=O)[C@@H](NC(=O)[C@@H](NC(=O)[C@@H]1CCCN1CC)C1CCCCC1)C(C)(C)C)C(C)(C)C21CCC1)C(=O)NS(=O)(=O)C1(C)CCC1. The fourth-order valence-corrected chi connectivity index (χ4v) is 14.1. The second kappa shape index (κ2) is 15.0. The van der Waals surface area contributed by atoms with E-state index in [-0.39, 0.29) is 51.8 Å². The lowest BCUT2D eigenvalue weighted by Gasteiger charge is -2.38. The van der Waals surface area contributed by atoms with Gasteiger partial charge in [-0.1, -0.05) is 87.0 Å². The van der Waals surface area contributed by atoms with E-state index in [0.717, 1.165) is 83.7 Å². The molecule has 13 nitrogen and oxygen atoms in total. The highest BCUT2D eigenvalue weighted by Gasteiger charge is 2.85. The van der Waals surface area contributed by atoms with Crippen molar-refractivity contribution in [3.8, 4) is 0 Å². The average molecular weight is 829 g/mol. The van der Waals surface area contributed by atoms with Gasteiger partial charge in [0.15, 0.2) is 0 Å². The number of hydrogen-bond donors (Lipinski definition) is 4. The summed E-state index contributed by atoms with van der Waals surface area (Å²) in [6, 6.07) is -2.98. The van der Waals surface area contributed by atoms with Crippen LogP contribution in [-0.4, -0.2) is 102 Å². The smallest absolute Gasteiger partial charge is 0.259 e. The van der Waals surface area contributed by atoms with Gasteiger partial charge in [-0.2, -0.15) is 0 Å². The monoisotopic (exact) mass is 829 g/mol. The third kappa shape index (κ3) is 6.80. The van der Waals surface area contributed by atoms with Crippen molar-refractivity contribution in [2.24, 2.45) is 33.5 Å². The van der Waals surface area contributed by atoms with Crippen molar-refractivity contribution >= 4 is 39.6 Å². The van der Waals surface area contributed by atoms with Crippen LogP contribution in [0.4, 0.5) is 0 Å². The van der Waals surface area contributed by atoms with E-state index in [1.807, 2.05) is 34.6 Å². The van der Waals surface area contributed by atoms with Crippen LogP contribution in [0.15, 0.2) is 0 Å². The Kier molecular flexibility index (Phi) is 11.2. The molecule has 2 aliphatic heterocycles. The molecular formula is C44H72N6O7S. The molecule has 0 radical (unpaired) electrons. The van der Waals surface area contributed by atoms with Crippen molar-refractivity contribution < 1.29 is 32.4 Å². The Balaban J connectivity index is 1.15. The van der Waals surface area contributed by atoms with Crippen LogP contribution in [0.2, 0.25) is 0 Å². The number of hydrogen-bond acceptors (Lipinski definition) is 8. The summed E-state index contributed by atoms with van der Waals surface area (Å²) in [6.45, 7) is 17.8. The molecule has 7 fully saturated rings. The van der Waals surface area contributed by atoms with Crippen molar-refractivity contribution in [2.75, 3.05) is 19.6 Å². The number of amides is 5. The molecule has 58 heavy (non-hydrogen) atoms. The van der Waals surface area contributed by atoms with Crippen LogP contribution in [0.5, 0.6) is 0 Å². The van der Waals surface area contributed by atoms with Crippen LogP contribution >= 0.6 is 0 Å². The van der Waals surface area contributed by atoms with E-state index in [2.05, 4.69) is 39.4 Å². The summed E-state index contributed by atoms with van der Waals surface area (Å²) in [5.41, 5.74) is -2.56. The molecule has 2 spiro atoms. The lowest BCUT2D eigenvalue weighted by Crippen LogP contribution is -2.63.